The summed E-state index contributed by atoms with van der Waals surface area (Å²) in [6, 6.07) is 15.1. The van der Waals surface area contributed by atoms with E-state index in [0.29, 0.717) is 12.1 Å². The average molecular weight is 328 g/mol. The summed E-state index contributed by atoms with van der Waals surface area (Å²) < 4.78 is 10.7. The summed E-state index contributed by atoms with van der Waals surface area (Å²) in [6.45, 7) is 0.387. The van der Waals surface area contributed by atoms with Gasteiger partial charge in [0.05, 0.1) is 13.2 Å². The quantitative estimate of drug-likeness (QED) is 0.849. The Morgan fingerprint density at radius 2 is 1.83 bits per heavy atom. The van der Waals surface area contributed by atoms with Crippen LogP contribution in [0.25, 0.3) is 0 Å². The molecule has 0 spiro atoms. The highest BCUT2D eigenvalue weighted by Crippen LogP contribution is 2.21. The molecule has 5 nitrogen and oxygen atoms in total. The minimum Gasteiger partial charge on any atom is -0.497 e. The third kappa shape index (κ3) is 4.49. The Bertz CT molecular complexity index is 669. The predicted molar refractivity (Wildman–Crippen MR) is 95.8 cm³/mol. The highest BCUT2D eigenvalue weighted by atomic mass is 16.5. The van der Waals surface area contributed by atoms with Gasteiger partial charge >= 0.3 is 0 Å². The topological polar surface area (TPSA) is 50.8 Å². The van der Waals surface area contributed by atoms with Gasteiger partial charge in [0.15, 0.2) is 0 Å². The van der Waals surface area contributed by atoms with Gasteiger partial charge in [0, 0.05) is 39.0 Å². The molecule has 0 aliphatic carbocycles. The van der Waals surface area contributed by atoms with Crippen molar-refractivity contribution in [3.05, 3.63) is 59.7 Å². The zero-order valence-electron chi connectivity index (χ0n) is 14.6. The minimum atomic E-state index is -0.231. The lowest BCUT2D eigenvalue weighted by Crippen LogP contribution is -2.29. The summed E-state index contributed by atoms with van der Waals surface area (Å²) in [6.07, 6.45) is -0.231. The molecule has 2 rings (SSSR count). The van der Waals surface area contributed by atoms with Crippen molar-refractivity contribution in [2.75, 3.05) is 39.8 Å². The van der Waals surface area contributed by atoms with Crippen molar-refractivity contribution in [2.45, 2.75) is 6.10 Å². The number of carbonyl (C=O) groups excluding carboxylic acids is 1. The Morgan fingerprint density at radius 3 is 2.42 bits per heavy atom. The van der Waals surface area contributed by atoms with E-state index in [1.54, 1.807) is 14.2 Å². The highest BCUT2D eigenvalue weighted by molar-refractivity contribution is 5.94. The summed E-state index contributed by atoms with van der Waals surface area (Å²) in [5.41, 5.74) is 2.64. The summed E-state index contributed by atoms with van der Waals surface area (Å²) in [7, 11) is 7.18. The van der Waals surface area contributed by atoms with Crippen LogP contribution in [0, 0.1) is 0 Å². The fourth-order valence-corrected chi connectivity index (χ4v) is 2.38. The summed E-state index contributed by atoms with van der Waals surface area (Å²) >= 11 is 0. The van der Waals surface area contributed by atoms with Crippen LogP contribution in [0.1, 0.15) is 22.0 Å². The van der Waals surface area contributed by atoms with Crippen molar-refractivity contribution in [3.63, 3.8) is 0 Å². The van der Waals surface area contributed by atoms with Crippen LogP contribution in [0.5, 0.6) is 5.75 Å². The van der Waals surface area contributed by atoms with Gasteiger partial charge in [0.25, 0.3) is 5.91 Å². The molecule has 128 valence electrons. The molecule has 2 aromatic carbocycles. The molecule has 1 N–H and O–H groups in total. The molecule has 0 heterocycles. The van der Waals surface area contributed by atoms with E-state index in [2.05, 4.69) is 5.32 Å². The zero-order chi connectivity index (χ0) is 17.5. The lowest BCUT2D eigenvalue weighted by molar-refractivity contribution is 0.0827. The second-order valence-corrected chi connectivity index (χ2v) is 5.65. The van der Waals surface area contributed by atoms with Gasteiger partial charge in [-0.1, -0.05) is 12.1 Å². The predicted octanol–water partition coefficient (Wildman–Crippen LogP) is 2.88. The van der Waals surface area contributed by atoms with Crippen molar-refractivity contribution < 1.29 is 14.3 Å². The smallest absolute Gasteiger partial charge is 0.251 e. The molecule has 0 aliphatic heterocycles. The van der Waals surface area contributed by atoms with Crippen molar-refractivity contribution >= 4 is 11.6 Å². The first-order valence-corrected chi connectivity index (χ1v) is 7.77. The molecule has 24 heavy (non-hydrogen) atoms. The second kappa shape index (κ2) is 8.36. The lowest BCUT2D eigenvalue weighted by atomic mass is 10.1. The van der Waals surface area contributed by atoms with Gasteiger partial charge in [0.2, 0.25) is 0 Å². The largest absolute Gasteiger partial charge is 0.497 e. The van der Waals surface area contributed by atoms with E-state index in [4.69, 9.17) is 9.47 Å². The second-order valence-electron chi connectivity index (χ2n) is 5.65. The van der Waals surface area contributed by atoms with Crippen molar-refractivity contribution in [3.8, 4) is 5.75 Å². The normalized spacial score (nSPS) is 11.7. The van der Waals surface area contributed by atoms with Crippen LogP contribution in [0.2, 0.25) is 0 Å². The molecular weight excluding hydrogens is 304 g/mol. The van der Waals surface area contributed by atoms with Crippen molar-refractivity contribution in [1.29, 1.82) is 0 Å². The van der Waals surface area contributed by atoms with Crippen LogP contribution in [-0.4, -0.2) is 40.8 Å². The highest BCUT2D eigenvalue weighted by Gasteiger charge is 2.14. The standard InChI is InChI=1S/C19H24N2O3/c1-21(2)16-10-8-14(9-11-16)19(22)20-13-18(24-4)15-6-5-7-17(12-15)23-3/h5-12,18H,13H2,1-4H3,(H,20,22). The van der Waals surface area contributed by atoms with E-state index in [9.17, 15) is 4.79 Å². The van der Waals surface area contributed by atoms with E-state index >= 15 is 0 Å². The molecule has 1 atom stereocenters. The first-order valence-electron chi connectivity index (χ1n) is 7.77. The molecule has 0 aromatic heterocycles. The fourth-order valence-electron chi connectivity index (χ4n) is 2.38. The molecule has 0 bridgehead atoms. The average Bonchev–Trinajstić information content (AvgIpc) is 2.62. The molecule has 1 amide bonds. The number of carbonyl (C=O) groups is 1. The van der Waals surface area contributed by atoms with Crippen molar-refractivity contribution in [1.82, 2.24) is 5.32 Å². The molecular formula is C19H24N2O3. The van der Waals surface area contributed by atoms with E-state index in [1.807, 2.05) is 67.5 Å². The molecule has 1 unspecified atom stereocenters. The minimum absolute atomic E-state index is 0.120. The monoisotopic (exact) mass is 328 g/mol. The summed E-state index contributed by atoms with van der Waals surface area (Å²) in [5, 5.41) is 2.92. The van der Waals surface area contributed by atoms with Gasteiger partial charge in [-0.05, 0) is 42.0 Å². The zero-order valence-corrected chi connectivity index (χ0v) is 14.6. The van der Waals surface area contributed by atoms with Gasteiger partial charge in [-0.2, -0.15) is 0 Å². The molecule has 0 radical (unpaired) electrons. The van der Waals surface area contributed by atoms with Gasteiger partial charge in [-0.15, -0.1) is 0 Å². The maximum Gasteiger partial charge on any atom is 0.251 e. The van der Waals surface area contributed by atoms with E-state index in [-0.39, 0.29) is 12.0 Å². The summed E-state index contributed by atoms with van der Waals surface area (Å²) in [5.74, 6) is 0.644. The first-order chi connectivity index (χ1) is 11.5. The number of methoxy groups -OCH3 is 2. The third-order valence-electron chi connectivity index (χ3n) is 3.84. The van der Waals surface area contributed by atoms with Crippen LogP contribution < -0.4 is 15.0 Å². The van der Waals surface area contributed by atoms with Crippen LogP contribution in [0.3, 0.4) is 0 Å². The lowest BCUT2D eigenvalue weighted by Gasteiger charge is -2.17. The maximum atomic E-state index is 12.3. The SMILES string of the molecule is COc1cccc(C(CNC(=O)c2ccc(N(C)C)cc2)OC)c1. The Hall–Kier alpha value is -2.53. The van der Waals surface area contributed by atoms with E-state index in [1.165, 1.54) is 0 Å². The van der Waals surface area contributed by atoms with E-state index in [0.717, 1.165) is 17.0 Å². The Kier molecular flexibility index (Phi) is 6.21. The number of amides is 1. The molecule has 0 fully saturated rings. The first kappa shape index (κ1) is 17.8. The van der Waals surface area contributed by atoms with Crippen LogP contribution >= 0.6 is 0 Å². The maximum absolute atomic E-state index is 12.3. The number of hydrogen-bond acceptors (Lipinski definition) is 4. The fraction of sp³-hybridized carbons (Fsp3) is 0.316. The molecule has 0 saturated carbocycles. The van der Waals surface area contributed by atoms with Crippen molar-refractivity contribution in [2.24, 2.45) is 0 Å². The van der Waals surface area contributed by atoms with Crippen LogP contribution in [-0.2, 0) is 4.74 Å². The van der Waals surface area contributed by atoms with Gasteiger partial charge in [-0.25, -0.2) is 0 Å². The van der Waals surface area contributed by atoms with Crippen LogP contribution in [0.15, 0.2) is 48.5 Å². The van der Waals surface area contributed by atoms with Gasteiger partial charge < -0.3 is 19.7 Å². The number of benzene rings is 2. The Balaban J connectivity index is 2.00. The number of nitrogens with one attached hydrogen (secondary N) is 1. The van der Waals surface area contributed by atoms with Gasteiger partial charge in [0.1, 0.15) is 5.75 Å². The van der Waals surface area contributed by atoms with Gasteiger partial charge in [-0.3, -0.25) is 4.79 Å². The number of hydrogen-bond donors (Lipinski definition) is 1. The van der Waals surface area contributed by atoms with E-state index < -0.39 is 0 Å². The number of anilines is 1. The molecule has 2 aromatic rings. The molecule has 5 heteroatoms. The summed E-state index contributed by atoms with van der Waals surface area (Å²) in [4.78, 5) is 14.3. The molecule has 0 aliphatic rings. The van der Waals surface area contributed by atoms with Crippen LogP contribution in [0.4, 0.5) is 5.69 Å². The number of nitrogens with zero attached hydrogens (tertiary/aromatic N) is 1. The third-order valence-corrected chi connectivity index (χ3v) is 3.84. The Morgan fingerprint density at radius 1 is 1.12 bits per heavy atom. The molecule has 0 saturated heterocycles. The number of rotatable bonds is 7. The Labute approximate surface area is 143 Å². The number of ether oxygens (including phenoxy) is 2.